The van der Waals surface area contributed by atoms with Crippen molar-refractivity contribution in [2.75, 3.05) is 0 Å². The van der Waals surface area contributed by atoms with Crippen LogP contribution in [0.4, 0.5) is 0 Å². The highest BCUT2D eigenvalue weighted by Crippen LogP contribution is 2.24. The summed E-state index contributed by atoms with van der Waals surface area (Å²) >= 11 is 0. The number of hydrogen-bond acceptors (Lipinski definition) is 2. The first-order valence-corrected chi connectivity index (χ1v) is 6.73. The van der Waals surface area contributed by atoms with Crippen molar-refractivity contribution in [3.05, 3.63) is 82.8 Å². The van der Waals surface area contributed by atoms with Gasteiger partial charge in [0, 0.05) is 18.0 Å². The first-order valence-electron chi connectivity index (χ1n) is 6.73. The van der Waals surface area contributed by atoms with Crippen molar-refractivity contribution in [2.24, 2.45) is 0 Å². The maximum atomic E-state index is 11.2. The molecule has 0 unspecified atom stereocenters. The van der Waals surface area contributed by atoms with Crippen molar-refractivity contribution in [3.63, 3.8) is 0 Å². The second-order valence-electron chi connectivity index (χ2n) is 4.96. The van der Waals surface area contributed by atoms with Crippen LogP contribution in [0.15, 0.2) is 71.8 Å². The van der Waals surface area contributed by atoms with Gasteiger partial charge in [0.15, 0.2) is 5.75 Å². The third-order valence-electron chi connectivity index (χ3n) is 3.52. The summed E-state index contributed by atoms with van der Waals surface area (Å²) in [7, 11) is 0. The number of aryl methyl sites for hydroxylation is 1. The molecule has 104 valence electrons. The molecule has 3 rings (SSSR count). The van der Waals surface area contributed by atoms with Crippen LogP contribution < -0.4 is 5.43 Å². The van der Waals surface area contributed by atoms with Crippen LogP contribution in [-0.2, 0) is 0 Å². The standard InChI is InChI=1S/C18H15NO2/c1-13-4-2-3-5-16(13)14-6-8-15(9-7-14)19-11-10-17(20)18(21)12-19/h2-12,21H,1H3. The minimum Gasteiger partial charge on any atom is -0.503 e. The monoisotopic (exact) mass is 277 g/mol. The summed E-state index contributed by atoms with van der Waals surface area (Å²) in [4.78, 5) is 11.2. The van der Waals surface area contributed by atoms with Crippen LogP contribution in [0.3, 0.4) is 0 Å². The maximum Gasteiger partial charge on any atom is 0.223 e. The Morgan fingerprint density at radius 3 is 2.33 bits per heavy atom. The van der Waals surface area contributed by atoms with Gasteiger partial charge in [-0.2, -0.15) is 0 Å². The minimum atomic E-state index is -0.372. The van der Waals surface area contributed by atoms with Gasteiger partial charge in [-0.15, -0.1) is 0 Å². The van der Waals surface area contributed by atoms with Crippen LogP contribution in [0.1, 0.15) is 5.56 Å². The van der Waals surface area contributed by atoms with E-state index in [1.165, 1.54) is 23.4 Å². The van der Waals surface area contributed by atoms with E-state index in [2.05, 4.69) is 19.1 Å². The van der Waals surface area contributed by atoms with Crippen molar-refractivity contribution in [1.82, 2.24) is 4.57 Å². The van der Waals surface area contributed by atoms with Crippen molar-refractivity contribution < 1.29 is 5.11 Å². The molecule has 1 heterocycles. The van der Waals surface area contributed by atoms with E-state index < -0.39 is 0 Å². The van der Waals surface area contributed by atoms with E-state index in [-0.39, 0.29) is 11.2 Å². The van der Waals surface area contributed by atoms with Crippen molar-refractivity contribution in [3.8, 4) is 22.6 Å². The van der Waals surface area contributed by atoms with Gasteiger partial charge in [-0.3, -0.25) is 4.79 Å². The molecule has 0 saturated heterocycles. The van der Waals surface area contributed by atoms with Crippen LogP contribution in [-0.4, -0.2) is 9.67 Å². The van der Waals surface area contributed by atoms with E-state index in [0.29, 0.717) is 0 Å². The Bertz CT molecular complexity index is 832. The lowest BCUT2D eigenvalue weighted by atomic mass is 10.0. The number of hydrogen-bond donors (Lipinski definition) is 1. The molecule has 3 aromatic rings. The second-order valence-corrected chi connectivity index (χ2v) is 4.96. The topological polar surface area (TPSA) is 42.2 Å². The molecule has 0 bridgehead atoms. The van der Waals surface area contributed by atoms with Gasteiger partial charge in [-0.25, -0.2) is 0 Å². The highest BCUT2D eigenvalue weighted by molar-refractivity contribution is 5.68. The molecule has 0 fully saturated rings. The van der Waals surface area contributed by atoms with Gasteiger partial charge in [0.2, 0.25) is 5.43 Å². The van der Waals surface area contributed by atoms with Gasteiger partial charge in [-0.1, -0.05) is 36.4 Å². The largest absolute Gasteiger partial charge is 0.503 e. The Kier molecular flexibility index (Phi) is 3.32. The molecule has 2 aromatic carbocycles. The molecule has 0 aliphatic heterocycles. The quantitative estimate of drug-likeness (QED) is 0.778. The molecular weight excluding hydrogens is 262 g/mol. The molecule has 0 radical (unpaired) electrons. The van der Waals surface area contributed by atoms with Gasteiger partial charge in [0.05, 0.1) is 6.20 Å². The summed E-state index contributed by atoms with van der Waals surface area (Å²) in [5, 5.41) is 9.50. The fraction of sp³-hybridized carbons (Fsp3) is 0.0556. The Morgan fingerprint density at radius 2 is 1.67 bits per heavy atom. The zero-order valence-corrected chi connectivity index (χ0v) is 11.7. The number of rotatable bonds is 2. The summed E-state index contributed by atoms with van der Waals surface area (Å²) < 4.78 is 1.72. The van der Waals surface area contributed by atoms with E-state index in [9.17, 15) is 9.90 Å². The van der Waals surface area contributed by atoms with Gasteiger partial charge >= 0.3 is 0 Å². The molecule has 0 spiro atoms. The second kappa shape index (κ2) is 5.29. The lowest BCUT2D eigenvalue weighted by molar-refractivity contribution is 0.465. The molecule has 21 heavy (non-hydrogen) atoms. The van der Waals surface area contributed by atoms with Gasteiger partial charge < -0.3 is 9.67 Å². The highest BCUT2D eigenvalue weighted by Gasteiger charge is 2.03. The molecule has 0 aliphatic rings. The molecule has 0 amide bonds. The van der Waals surface area contributed by atoms with Gasteiger partial charge in [0.25, 0.3) is 0 Å². The smallest absolute Gasteiger partial charge is 0.223 e. The van der Waals surface area contributed by atoms with Gasteiger partial charge in [-0.05, 0) is 35.7 Å². The average molecular weight is 277 g/mol. The fourth-order valence-electron chi connectivity index (χ4n) is 2.34. The minimum absolute atomic E-state index is 0.250. The van der Waals surface area contributed by atoms with Crippen LogP contribution in [0, 0.1) is 6.92 Å². The van der Waals surface area contributed by atoms with Crippen LogP contribution in [0.5, 0.6) is 5.75 Å². The number of pyridine rings is 1. The molecule has 1 aromatic heterocycles. The summed E-state index contributed by atoms with van der Waals surface area (Å²) in [6.45, 7) is 2.09. The Labute approximate surface area is 122 Å². The number of aromatic hydroxyl groups is 1. The molecule has 3 nitrogen and oxygen atoms in total. The molecular formula is C18H15NO2. The van der Waals surface area contributed by atoms with E-state index in [0.717, 1.165) is 11.3 Å². The van der Waals surface area contributed by atoms with E-state index in [4.69, 9.17) is 0 Å². The Morgan fingerprint density at radius 1 is 0.952 bits per heavy atom. The molecule has 3 heteroatoms. The lowest BCUT2D eigenvalue weighted by Gasteiger charge is -2.09. The summed E-state index contributed by atoms with van der Waals surface area (Å²) in [5.41, 5.74) is 4.09. The predicted octanol–water partition coefficient (Wildman–Crippen LogP) is 3.52. The zero-order valence-electron chi connectivity index (χ0n) is 11.7. The summed E-state index contributed by atoms with van der Waals surface area (Å²) in [6, 6.07) is 17.6. The van der Waals surface area contributed by atoms with E-state index in [1.54, 1.807) is 10.8 Å². The third-order valence-corrected chi connectivity index (χ3v) is 3.52. The van der Waals surface area contributed by atoms with Crippen LogP contribution >= 0.6 is 0 Å². The zero-order chi connectivity index (χ0) is 14.8. The van der Waals surface area contributed by atoms with Crippen molar-refractivity contribution in [1.29, 1.82) is 0 Å². The Balaban J connectivity index is 1.99. The lowest BCUT2D eigenvalue weighted by Crippen LogP contribution is -2.03. The normalized spacial score (nSPS) is 10.5. The Hall–Kier alpha value is -2.81. The average Bonchev–Trinajstić information content (AvgIpc) is 2.51. The summed E-state index contributed by atoms with van der Waals surface area (Å²) in [6.07, 6.45) is 3.07. The number of nitrogens with zero attached hydrogens (tertiary/aromatic N) is 1. The molecule has 0 atom stereocenters. The number of aromatic nitrogens is 1. The maximum absolute atomic E-state index is 11.2. The number of benzene rings is 2. The molecule has 0 aliphatic carbocycles. The predicted molar refractivity (Wildman–Crippen MR) is 83.9 cm³/mol. The molecule has 0 saturated carbocycles. The highest BCUT2D eigenvalue weighted by atomic mass is 16.3. The first-order chi connectivity index (χ1) is 10.1. The molecule has 1 N–H and O–H groups in total. The summed E-state index contributed by atoms with van der Waals surface area (Å²) in [5.74, 6) is -0.250. The van der Waals surface area contributed by atoms with Gasteiger partial charge in [0.1, 0.15) is 0 Å². The van der Waals surface area contributed by atoms with E-state index in [1.807, 2.05) is 36.4 Å². The van der Waals surface area contributed by atoms with Crippen LogP contribution in [0.25, 0.3) is 16.8 Å². The fourth-order valence-corrected chi connectivity index (χ4v) is 2.34. The van der Waals surface area contributed by atoms with Crippen molar-refractivity contribution >= 4 is 0 Å². The van der Waals surface area contributed by atoms with Crippen molar-refractivity contribution in [2.45, 2.75) is 6.92 Å². The SMILES string of the molecule is Cc1ccccc1-c1ccc(-n2ccc(=O)c(O)c2)cc1. The third kappa shape index (κ3) is 2.58. The van der Waals surface area contributed by atoms with Crippen LogP contribution in [0.2, 0.25) is 0 Å². The van der Waals surface area contributed by atoms with E-state index >= 15 is 0 Å². The first kappa shape index (κ1) is 13.2.